The van der Waals surface area contributed by atoms with Crippen LogP contribution in [0.2, 0.25) is 0 Å². The number of nitrogens with zero attached hydrogens (tertiary/aromatic N) is 5. The van der Waals surface area contributed by atoms with Gasteiger partial charge in [0.15, 0.2) is 5.82 Å². The Hall–Kier alpha value is -3.26. The molecule has 5 rings (SSSR count). The van der Waals surface area contributed by atoms with Crippen LogP contribution < -0.4 is 5.32 Å². The van der Waals surface area contributed by atoms with Crippen molar-refractivity contribution in [2.24, 2.45) is 0 Å². The molecule has 1 fully saturated rings. The first-order valence-corrected chi connectivity index (χ1v) is 9.81. The zero-order valence-corrected chi connectivity index (χ0v) is 16.1. The molecule has 1 amide bonds. The van der Waals surface area contributed by atoms with Gasteiger partial charge in [-0.3, -0.25) is 4.79 Å². The van der Waals surface area contributed by atoms with Crippen LogP contribution in [0.1, 0.15) is 41.2 Å². The highest BCUT2D eigenvalue weighted by molar-refractivity contribution is 6.03. The molecule has 1 aliphatic heterocycles. The summed E-state index contributed by atoms with van der Waals surface area (Å²) in [7, 11) is 1.80. The van der Waals surface area contributed by atoms with E-state index in [1.807, 2.05) is 41.0 Å². The van der Waals surface area contributed by atoms with Gasteiger partial charge >= 0.3 is 0 Å². The largest absolute Gasteiger partial charge is 0.391 e. The number of carbonyl (C=O) groups excluding carboxylic acids is 1. The molecule has 1 aliphatic carbocycles. The van der Waals surface area contributed by atoms with Crippen molar-refractivity contribution in [1.29, 1.82) is 0 Å². The van der Waals surface area contributed by atoms with Gasteiger partial charge in [0.2, 0.25) is 0 Å². The molecule has 29 heavy (non-hydrogen) atoms. The predicted molar refractivity (Wildman–Crippen MR) is 108 cm³/mol. The number of nitrogens with one attached hydrogen (secondary N) is 1. The number of hydrogen-bond acceptors (Lipinski definition) is 6. The zero-order chi connectivity index (χ0) is 20.0. The summed E-state index contributed by atoms with van der Waals surface area (Å²) in [5, 5.41) is 21.9. The molecule has 0 bridgehead atoms. The SMILES string of the molecule is CN1Cc2cccc(Nc3cccc(-c4nncn4C4CCCC4O)n3)c2C1=O. The summed E-state index contributed by atoms with van der Waals surface area (Å²) in [5.74, 6) is 1.27. The topological polar surface area (TPSA) is 96.2 Å². The first kappa shape index (κ1) is 17.8. The van der Waals surface area contributed by atoms with Crippen LogP contribution in [0.3, 0.4) is 0 Å². The summed E-state index contributed by atoms with van der Waals surface area (Å²) in [6, 6.07) is 11.4. The number of aliphatic hydroxyl groups is 1. The van der Waals surface area contributed by atoms with Crippen LogP contribution in [0.5, 0.6) is 0 Å². The molecule has 3 aromatic rings. The van der Waals surface area contributed by atoms with Gasteiger partial charge in [0.25, 0.3) is 5.91 Å². The quantitative estimate of drug-likeness (QED) is 0.711. The van der Waals surface area contributed by atoms with Gasteiger partial charge in [-0.25, -0.2) is 4.98 Å². The van der Waals surface area contributed by atoms with Crippen molar-refractivity contribution in [3.05, 3.63) is 53.9 Å². The number of benzene rings is 1. The molecule has 0 spiro atoms. The van der Waals surface area contributed by atoms with Gasteiger partial charge in [0.05, 0.1) is 23.4 Å². The summed E-state index contributed by atoms with van der Waals surface area (Å²) in [6.45, 7) is 0.615. The normalized spacial score (nSPS) is 20.9. The number of amides is 1. The number of rotatable bonds is 4. The minimum atomic E-state index is -0.388. The third-order valence-corrected chi connectivity index (χ3v) is 5.73. The van der Waals surface area contributed by atoms with E-state index in [9.17, 15) is 9.90 Å². The van der Waals surface area contributed by atoms with Gasteiger partial charge in [-0.1, -0.05) is 18.2 Å². The van der Waals surface area contributed by atoms with Gasteiger partial charge in [0.1, 0.15) is 17.8 Å². The molecule has 8 heteroatoms. The Bertz CT molecular complexity index is 1080. The molecule has 2 aliphatic rings. The molecular weight excluding hydrogens is 368 g/mol. The highest BCUT2D eigenvalue weighted by Crippen LogP contribution is 2.33. The Labute approximate surface area is 168 Å². The Morgan fingerprint density at radius 1 is 1.17 bits per heavy atom. The molecule has 148 valence electrons. The fraction of sp³-hybridized carbons (Fsp3) is 0.333. The fourth-order valence-corrected chi connectivity index (χ4v) is 4.29. The van der Waals surface area contributed by atoms with Crippen LogP contribution in [-0.4, -0.2) is 48.8 Å². The fourth-order valence-electron chi connectivity index (χ4n) is 4.29. The van der Waals surface area contributed by atoms with E-state index in [1.54, 1.807) is 18.3 Å². The summed E-state index contributed by atoms with van der Waals surface area (Å²) < 4.78 is 1.92. The van der Waals surface area contributed by atoms with Crippen molar-refractivity contribution < 1.29 is 9.90 Å². The van der Waals surface area contributed by atoms with Crippen molar-refractivity contribution in [3.8, 4) is 11.5 Å². The zero-order valence-electron chi connectivity index (χ0n) is 16.1. The maximum atomic E-state index is 12.5. The van der Waals surface area contributed by atoms with Crippen molar-refractivity contribution in [2.75, 3.05) is 12.4 Å². The molecule has 1 aromatic carbocycles. The Morgan fingerprint density at radius 3 is 2.86 bits per heavy atom. The second-order valence-corrected chi connectivity index (χ2v) is 7.66. The average Bonchev–Trinajstić information content (AvgIpc) is 3.42. The lowest BCUT2D eigenvalue weighted by molar-refractivity contribution is 0.0817. The van der Waals surface area contributed by atoms with Crippen LogP contribution in [0.25, 0.3) is 11.5 Å². The first-order chi connectivity index (χ1) is 14.1. The van der Waals surface area contributed by atoms with E-state index in [1.165, 1.54) is 0 Å². The maximum Gasteiger partial charge on any atom is 0.256 e. The van der Waals surface area contributed by atoms with E-state index in [0.29, 0.717) is 29.4 Å². The number of fused-ring (bicyclic) bond motifs is 1. The Morgan fingerprint density at radius 2 is 2.03 bits per heavy atom. The highest BCUT2D eigenvalue weighted by atomic mass is 16.3. The summed E-state index contributed by atoms with van der Waals surface area (Å²) >= 11 is 0. The number of anilines is 2. The van der Waals surface area contributed by atoms with E-state index in [4.69, 9.17) is 4.98 Å². The molecule has 1 saturated carbocycles. The van der Waals surface area contributed by atoms with Crippen LogP contribution in [0.4, 0.5) is 11.5 Å². The number of aromatic nitrogens is 4. The van der Waals surface area contributed by atoms with Gasteiger partial charge in [0, 0.05) is 13.6 Å². The van der Waals surface area contributed by atoms with Crippen LogP contribution >= 0.6 is 0 Å². The Kier molecular flexibility index (Phi) is 4.28. The minimum absolute atomic E-state index is 0.00854. The van der Waals surface area contributed by atoms with Gasteiger partial charge < -0.3 is 19.9 Å². The second kappa shape index (κ2) is 6.97. The number of pyridine rings is 1. The molecule has 2 unspecified atom stereocenters. The van der Waals surface area contributed by atoms with Crippen molar-refractivity contribution >= 4 is 17.4 Å². The lowest BCUT2D eigenvalue weighted by atomic mass is 10.1. The molecular formula is C21H22N6O2. The second-order valence-electron chi connectivity index (χ2n) is 7.66. The monoisotopic (exact) mass is 390 g/mol. The predicted octanol–water partition coefficient (Wildman–Crippen LogP) is 2.76. The maximum absolute atomic E-state index is 12.5. The van der Waals surface area contributed by atoms with Crippen LogP contribution in [-0.2, 0) is 6.54 Å². The third kappa shape index (κ3) is 3.05. The van der Waals surface area contributed by atoms with Crippen LogP contribution in [0, 0.1) is 0 Å². The lowest BCUT2D eigenvalue weighted by Crippen LogP contribution is -2.18. The van der Waals surface area contributed by atoms with Gasteiger partial charge in [-0.15, -0.1) is 10.2 Å². The molecule has 2 atom stereocenters. The average molecular weight is 390 g/mol. The smallest absolute Gasteiger partial charge is 0.256 e. The number of aliphatic hydroxyl groups excluding tert-OH is 1. The lowest BCUT2D eigenvalue weighted by Gasteiger charge is -2.18. The van der Waals surface area contributed by atoms with E-state index < -0.39 is 0 Å². The van der Waals surface area contributed by atoms with Gasteiger partial charge in [-0.2, -0.15) is 0 Å². The molecule has 0 saturated heterocycles. The summed E-state index contributed by atoms with van der Waals surface area (Å²) in [6.07, 6.45) is 3.95. The Balaban J connectivity index is 1.47. The molecule has 2 aromatic heterocycles. The highest BCUT2D eigenvalue weighted by Gasteiger charge is 2.30. The molecule has 8 nitrogen and oxygen atoms in total. The van der Waals surface area contributed by atoms with E-state index in [2.05, 4.69) is 15.5 Å². The standard InChI is InChI=1S/C21H22N6O2/c1-26-11-13-5-2-6-14(19(13)21(26)29)23-18-10-3-7-15(24-18)20-25-22-12-27(20)16-8-4-9-17(16)28/h2-3,5-7,10,12,16-17,28H,4,8-9,11H2,1H3,(H,23,24). The van der Waals surface area contributed by atoms with Crippen molar-refractivity contribution in [2.45, 2.75) is 38.0 Å². The van der Waals surface area contributed by atoms with Gasteiger partial charge in [-0.05, 0) is 43.0 Å². The molecule has 3 heterocycles. The number of hydrogen-bond donors (Lipinski definition) is 2. The van der Waals surface area contributed by atoms with Crippen molar-refractivity contribution in [3.63, 3.8) is 0 Å². The van der Waals surface area contributed by atoms with E-state index >= 15 is 0 Å². The molecule has 2 N–H and O–H groups in total. The first-order valence-electron chi connectivity index (χ1n) is 9.81. The number of carbonyl (C=O) groups is 1. The summed E-state index contributed by atoms with van der Waals surface area (Å²) in [5.41, 5.74) is 3.12. The molecule has 0 radical (unpaired) electrons. The van der Waals surface area contributed by atoms with E-state index in [-0.39, 0.29) is 18.1 Å². The van der Waals surface area contributed by atoms with E-state index in [0.717, 1.165) is 30.5 Å². The summed E-state index contributed by atoms with van der Waals surface area (Å²) in [4.78, 5) is 18.9. The van der Waals surface area contributed by atoms with Crippen LogP contribution in [0.15, 0.2) is 42.7 Å². The third-order valence-electron chi connectivity index (χ3n) is 5.73. The van der Waals surface area contributed by atoms with Crippen molar-refractivity contribution in [1.82, 2.24) is 24.6 Å². The minimum Gasteiger partial charge on any atom is -0.391 e.